The van der Waals surface area contributed by atoms with Gasteiger partial charge in [-0.1, -0.05) is 19.8 Å². The van der Waals surface area contributed by atoms with Gasteiger partial charge in [-0.2, -0.15) is 0 Å². The summed E-state index contributed by atoms with van der Waals surface area (Å²) in [5.41, 5.74) is 0. The van der Waals surface area contributed by atoms with Gasteiger partial charge in [0.25, 0.3) is 0 Å². The average molecular weight is 216 g/mol. The van der Waals surface area contributed by atoms with Crippen molar-refractivity contribution in [2.75, 3.05) is 7.05 Å². The number of likely N-dealkylation sites (N-methyl/N-ethyl adjacent to an activating group) is 1. The third kappa shape index (κ3) is 5.37. The first-order chi connectivity index (χ1) is 7.02. The number of carboxylic acids is 1. The van der Waals surface area contributed by atoms with Crippen LogP contribution in [0.4, 0.5) is 0 Å². The zero-order valence-corrected chi connectivity index (χ0v) is 9.54. The van der Waals surface area contributed by atoms with E-state index in [0.29, 0.717) is 6.42 Å². The second kappa shape index (κ2) is 7.23. The van der Waals surface area contributed by atoms with E-state index in [1.54, 1.807) is 14.0 Å². The molecule has 0 aromatic heterocycles. The molecular formula is C10H20N2O3. The number of hydrogen-bond donors (Lipinski definition) is 3. The minimum Gasteiger partial charge on any atom is -0.480 e. The molecule has 0 radical (unpaired) electrons. The van der Waals surface area contributed by atoms with Gasteiger partial charge in [-0.05, 0) is 20.4 Å². The second-order valence-corrected chi connectivity index (χ2v) is 3.55. The summed E-state index contributed by atoms with van der Waals surface area (Å²) in [6.45, 7) is 3.67. The maximum Gasteiger partial charge on any atom is 0.326 e. The van der Waals surface area contributed by atoms with E-state index in [1.807, 2.05) is 6.92 Å². The molecule has 0 fully saturated rings. The number of rotatable bonds is 7. The van der Waals surface area contributed by atoms with E-state index in [2.05, 4.69) is 10.6 Å². The molecule has 15 heavy (non-hydrogen) atoms. The number of amides is 1. The fraction of sp³-hybridized carbons (Fsp3) is 0.800. The highest BCUT2D eigenvalue weighted by molar-refractivity contribution is 5.86. The van der Waals surface area contributed by atoms with E-state index >= 15 is 0 Å². The summed E-state index contributed by atoms with van der Waals surface area (Å²) in [5, 5.41) is 14.1. The van der Waals surface area contributed by atoms with Crippen LogP contribution in [0.5, 0.6) is 0 Å². The Morgan fingerprint density at radius 1 is 1.40 bits per heavy atom. The first-order valence-corrected chi connectivity index (χ1v) is 5.23. The van der Waals surface area contributed by atoms with Gasteiger partial charge in [-0.15, -0.1) is 0 Å². The molecule has 3 N–H and O–H groups in total. The van der Waals surface area contributed by atoms with E-state index in [0.717, 1.165) is 12.8 Å². The fourth-order valence-electron chi connectivity index (χ4n) is 1.09. The number of carbonyl (C=O) groups excluding carboxylic acids is 1. The maximum atomic E-state index is 11.4. The Labute approximate surface area is 90.2 Å². The Balaban J connectivity index is 4.16. The van der Waals surface area contributed by atoms with Gasteiger partial charge in [-0.25, -0.2) is 4.79 Å². The monoisotopic (exact) mass is 216 g/mol. The van der Waals surface area contributed by atoms with Crippen LogP contribution in [0.15, 0.2) is 0 Å². The van der Waals surface area contributed by atoms with Crippen LogP contribution in [0, 0.1) is 0 Å². The molecule has 1 unspecified atom stereocenters. The van der Waals surface area contributed by atoms with Crippen molar-refractivity contribution < 1.29 is 14.7 Å². The lowest BCUT2D eigenvalue weighted by Crippen LogP contribution is -2.48. The van der Waals surface area contributed by atoms with Gasteiger partial charge in [-0.3, -0.25) is 4.79 Å². The van der Waals surface area contributed by atoms with Crippen molar-refractivity contribution in [1.82, 2.24) is 10.6 Å². The first-order valence-electron chi connectivity index (χ1n) is 5.23. The van der Waals surface area contributed by atoms with Gasteiger partial charge in [0.15, 0.2) is 0 Å². The summed E-state index contributed by atoms with van der Waals surface area (Å²) in [4.78, 5) is 22.2. The van der Waals surface area contributed by atoms with E-state index in [9.17, 15) is 9.59 Å². The van der Waals surface area contributed by atoms with Crippen LogP contribution in [-0.2, 0) is 9.59 Å². The Kier molecular flexibility index (Phi) is 6.70. The topological polar surface area (TPSA) is 78.4 Å². The molecule has 0 heterocycles. The highest BCUT2D eigenvalue weighted by atomic mass is 16.4. The molecule has 0 rings (SSSR count). The number of unbranched alkanes of at least 4 members (excludes halogenated alkanes) is 1. The normalized spacial score (nSPS) is 14.3. The molecule has 0 spiro atoms. The van der Waals surface area contributed by atoms with E-state index in [1.165, 1.54) is 0 Å². The average Bonchev–Trinajstić information content (AvgIpc) is 2.22. The van der Waals surface area contributed by atoms with Gasteiger partial charge >= 0.3 is 5.97 Å². The number of carboxylic acid groups (broad SMARTS) is 1. The summed E-state index contributed by atoms with van der Waals surface area (Å²) < 4.78 is 0. The molecule has 0 aliphatic rings. The molecule has 0 bridgehead atoms. The predicted octanol–water partition coefficient (Wildman–Crippen LogP) is 0.354. The molecule has 0 saturated heterocycles. The highest BCUT2D eigenvalue weighted by Gasteiger charge is 2.21. The Hall–Kier alpha value is -1.10. The Bertz CT molecular complexity index is 219. The molecule has 5 heteroatoms. The highest BCUT2D eigenvalue weighted by Crippen LogP contribution is 2.01. The van der Waals surface area contributed by atoms with Crippen LogP contribution < -0.4 is 10.6 Å². The quantitative estimate of drug-likeness (QED) is 0.574. The van der Waals surface area contributed by atoms with Gasteiger partial charge in [0, 0.05) is 0 Å². The van der Waals surface area contributed by atoms with E-state index in [-0.39, 0.29) is 11.9 Å². The largest absolute Gasteiger partial charge is 0.480 e. The molecule has 0 saturated carbocycles. The molecule has 0 aromatic carbocycles. The predicted molar refractivity (Wildman–Crippen MR) is 57.6 cm³/mol. The van der Waals surface area contributed by atoms with Gasteiger partial charge in [0.05, 0.1) is 6.04 Å². The molecular weight excluding hydrogens is 196 g/mol. The van der Waals surface area contributed by atoms with Crippen molar-refractivity contribution in [3.8, 4) is 0 Å². The minimum absolute atomic E-state index is 0.277. The van der Waals surface area contributed by atoms with Crippen molar-refractivity contribution in [2.45, 2.75) is 45.2 Å². The lowest BCUT2D eigenvalue weighted by molar-refractivity contribution is -0.142. The third-order valence-electron chi connectivity index (χ3n) is 2.29. The lowest BCUT2D eigenvalue weighted by Gasteiger charge is -2.17. The second-order valence-electron chi connectivity index (χ2n) is 3.55. The molecule has 88 valence electrons. The van der Waals surface area contributed by atoms with Crippen molar-refractivity contribution in [1.29, 1.82) is 0 Å². The smallest absolute Gasteiger partial charge is 0.326 e. The number of nitrogens with one attached hydrogen (secondary N) is 2. The fourth-order valence-corrected chi connectivity index (χ4v) is 1.09. The molecule has 1 amide bonds. The number of carbonyl (C=O) groups is 2. The molecule has 0 aliphatic heterocycles. The van der Waals surface area contributed by atoms with Crippen LogP contribution in [0.2, 0.25) is 0 Å². The summed E-state index contributed by atoms with van der Waals surface area (Å²) in [7, 11) is 1.66. The zero-order valence-electron chi connectivity index (χ0n) is 9.54. The lowest BCUT2D eigenvalue weighted by atomic mass is 10.1. The molecule has 0 aromatic rings. The third-order valence-corrected chi connectivity index (χ3v) is 2.29. The Morgan fingerprint density at radius 2 is 2.00 bits per heavy atom. The van der Waals surface area contributed by atoms with Crippen LogP contribution in [0.25, 0.3) is 0 Å². The molecule has 5 nitrogen and oxygen atoms in total. The number of hydrogen-bond acceptors (Lipinski definition) is 3. The van der Waals surface area contributed by atoms with Crippen molar-refractivity contribution in [3.05, 3.63) is 0 Å². The van der Waals surface area contributed by atoms with E-state index < -0.39 is 12.0 Å². The zero-order chi connectivity index (χ0) is 11.8. The van der Waals surface area contributed by atoms with Crippen LogP contribution in [0.1, 0.15) is 33.1 Å². The van der Waals surface area contributed by atoms with Crippen molar-refractivity contribution in [2.24, 2.45) is 0 Å². The molecule has 2 atom stereocenters. The maximum absolute atomic E-state index is 11.4. The molecule has 0 aliphatic carbocycles. The summed E-state index contributed by atoms with van der Waals surface area (Å²) >= 11 is 0. The summed E-state index contributed by atoms with van der Waals surface area (Å²) in [5.74, 6) is -1.25. The SMILES string of the molecule is CCCC[C@H](NC(=O)C(C)NC)C(=O)O. The summed E-state index contributed by atoms with van der Waals surface area (Å²) in [6, 6.07) is -1.14. The first kappa shape index (κ1) is 13.9. The van der Waals surface area contributed by atoms with Crippen LogP contribution in [-0.4, -0.2) is 36.1 Å². The van der Waals surface area contributed by atoms with Crippen molar-refractivity contribution >= 4 is 11.9 Å². The Morgan fingerprint density at radius 3 is 2.40 bits per heavy atom. The van der Waals surface area contributed by atoms with Crippen molar-refractivity contribution in [3.63, 3.8) is 0 Å². The van der Waals surface area contributed by atoms with Crippen LogP contribution in [0.3, 0.4) is 0 Å². The van der Waals surface area contributed by atoms with Gasteiger partial charge in [0.1, 0.15) is 6.04 Å². The van der Waals surface area contributed by atoms with Crippen LogP contribution >= 0.6 is 0 Å². The number of aliphatic carboxylic acids is 1. The summed E-state index contributed by atoms with van der Waals surface area (Å²) in [6.07, 6.45) is 2.19. The van der Waals surface area contributed by atoms with Gasteiger partial charge in [0.2, 0.25) is 5.91 Å². The van der Waals surface area contributed by atoms with Gasteiger partial charge < -0.3 is 15.7 Å². The standard InChI is InChI=1S/C10H20N2O3/c1-4-5-6-8(10(14)15)12-9(13)7(2)11-3/h7-8,11H,4-6H2,1-3H3,(H,12,13)(H,14,15)/t7?,8-/m0/s1. The van der Waals surface area contributed by atoms with E-state index in [4.69, 9.17) is 5.11 Å². The minimum atomic E-state index is -0.972.